The van der Waals surface area contributed by atoms with Crippen LogP contribution in [0.3, 0.4) is 0 Å². The van der Waals surface area contributed by atoms with Crippen molar-refractivity contribution in [3.8, 4) is 0 Å². The Morgan fingerprint density at radius 2 is 2.00 bits per heavy atom. The summed E-state index contributed by atoms with van der Waals surface area (Å²) in [6, 6.07) is 7.10. The predicted octanol–water partition coefficient (Wildman–Crippen LogP) is 1.33. The van der Waals surface area contributed by atoms with E-state index in [0.717, 1.165) is 5.56 Å². The van der Waals surface area contributed by atoms with E-state index in [-0.39, 0.29) is 6.61 Å². The summed E-state index contributed by atoms with van der Waals surface area (Å²) in [5.41, 5.74) is 1.35. The summed E-state index contributed by atoms with van der Waals surface area (Å²) in [6.07, 6.45) is 0. The monoisotopic (exact) mass is 237 g/mol. The summed E-state index contributed by atoms with van der Waals surface area (Å²) < 4.78 is 9.58. The Morgan fingerprint density at radius 3 is 2.65 bits per heavy atom. The number of hydrogen-bond donors (Lipinski definition) is 1. The molecular weight excluding hydrogens is 222 g/mol. The second kappa shape index (κ2) is 6.65. The molecule has 0 atom stereocenters. The molecule has 0 saturated carbocycles. The molecule has 1 aromatic carbocycles. The molecular formula is C12H15NO4. The second-order valence-electron chi connectivity index (χ2n) is 3.26. The molecule has 0 aliphatic carbocycles. The molecule has 0 saturated heterocycles. The fourth-order valence-electron chi connectivity index (χ4n) is 1.29. The molecule has 0 aliphatic heterocycles. The van der Waals surface area contributed by atoms with Crippen LogP contribution in [0, 0.1) is 0 Å². The fourth-order valence-corrected chi connectivity index (χ4v) is 1.29. The Labute approximate surface area is 99.7 Å². The van der Waals surface area contributed by atoms with Gasteiger partial charge in [0.1, 0.15) is 0 Å². The summed E-state index contributed by atoms with van der Waals surface area (Å²) in [7, 11) is 1.56. The Bertz CT molecular complexity index is 403. The molecule has 1 aromatic rings. The van der Waals surface area contributed by atoms with Crippen molar-refractivity contribution in [3.63, 3.8) is 0 Å². The van der Waals surface area contributed by atoms with Gasteiger partial charge in [-0.05, 0) is 13.0 Å². The predicted molar refractivity (Wildman–Crippen MR) is 62.4 cm³/mol. The molecule has 1 rings (SSSR count). The van der Waals surface area contributed by atoms with Gasteiger partial charge in [-0.15, -0.1) is 0 Å². The van der Waals surface area contributed by atoms with Gasteiger partial charge in [-0.25, -0.2) is 4.79 Å². The largest absolute Gasteiger partial charge is 0.459 e. The molecule has 0 fully saturated rings. The summed E-state index contributed by atoms with van der Waals surface area (Å²) >= 11 is 0. The molecule has 0 unspecified atom stereocenters. The first-order chi connectivity index (χ1) is 8.19. The zero-order valence-electron chi connectivity index (χ0n) is 9.86. The van der Waals surface area contributed by atoms with Crippen molar-refractivity contribution in [2.45, 2.75) is 13.5 Å². The van der Waals surface area contributed by atoms with Crippen molar-refractivity contribution in [2.75, 3.05) is 19.0 Å². The van der Waals surface area contributed by atoms with Gasteiger partial charge in [0, 0.05) is 18.4 Å². The minimum Gasteiger partial charge on any atom is -0.459 e. The van der Waals surface area contributed by atoms with Crippen LogP contribution in [0.2, 0.25) is 0 Å². The molecule has 0 bridgehead atoms. The van der Waals surface area contributed by atoms with E-state index in [2.05, 4.69) is 10.1 Å². The number of hydrogen-bond acceptors (Lipinski definition) is 4. The van der Waals surface area contributed by atoms with Crippen molar-refractivity contribution < 1.29 is 19.1 Å². The number of ether oxygens (including phenoxy) is 2. The third-order valence-corrected chi connectivity index (χ3v) is 2.03. The molecule has 1 amide bonds. The number of benzene rings is 1. The van der Waals surface area contributed by atoms with E-state index in [0.29, 0.717) is 12.3 Å². The van der Waals surface area contributed by atoms with Crippen LogP contribution in [0.4, 0.5) is 5.69 Å². The van der Waals surface area contributed by atoms with Crippen LogP contribution in [0.15, 0.2) is 24.3 Å². The SMILES string of the molecule is CCOC(=O)C(=O)Nc1ccccc1COC. The normalized spacial score (nSPS) is 9.76. The van der Waals surface area contributed by atoms with E-state index in [9.17, 15) is 9.59 Å². The van der Waals surface area contributed by atoms with Gasteiger partial charge in [0.2, 0.25) is 0 Å². The van der Waals surface area contributed by atoms with Gasteiger partial charge >= 0.3 is 11.9 Å². The van der Waals surface area contributed by atoms with E-state index < -0.39 is 11.9 Å². The molecule has 1 N–H and O–H groups in total. The average Bonchev–Trinajstić information content (AvgIpc) is 2.32. The maximum atomic E-state index is 11.4. The number of carbonyl (C=O) groups excluding carboxylic acids is 2. The van der Waals surface area contributed by atoms with Crippen molar-refractivity contribution in [3.05, 3.63) is 29.8 Å². The number of carbonyl (C=O) groups is 2. The van der Waals surface area contributed by atoms with E-state index >= 15 is 0 Å². The lowest BCUT2D eigenvalue weighted by molar-refractivity contribution is -0.152. The van der Waals surface area contributed by atoms with Crippen LogP contribution in [-0.4, -0.2) is 25.6 Å². The Hall–Kier alpha value is -1.88. The summed E-state index contributed by atoms with van der Waals surface area (Å²) in [5, 5.41) is 2.49. The second-order valence-corrected chi connectivity index (χ2v) is 3.26. The number of methoxy groups -OCH3 is 1. The Balaban J connectivity index is 2.73. The van der Waals surface area contributed by atoms with Gasteiger partial charge in [0.25, 0.3) is 0 Å². The third kappa shape index (κ3) is 3.88. The molecule has 92 valence electrons. The van der Waals surface area contributed by atoms with Crippen LogP contribution in [0.5, 0.6) is 0 Å². The lowest BCUT2D eigenvalue weighted by Gasteiger charge is -2.09. The first-order valence-electron chi connectivity index (χ1n) is 5.24. The number of anilines is 1. The smallest absolute Gasteiger partial charge is 0.397 e. The van der Waals surface area contributed by atoms with Crippen LogP contribution >= 0.6 is 0 Å². The average molecular weight is 237 g/mol. The van der Waals surface area contributed by atoms with E-state index in [1.165, 1.54) is 0 Å². The number of rotatable bonds is 4. The minimum absolute atomic E-state index is 0.173. The number of amides is 1. The van der Waals surface area contributed by atoms with Crippen LogP contribution < -0.4 is 5.32 Å². The van der Waals surface area contributed by atoms with Gasteiger partial charge in [-0.1, -0.05) is 18.2 Å². The minimum atomic E-state index is -0.889. The molecule has 0 aliphatic rings. The van der Waals surface area contributed by atoms with Gasteiger partial charge in [-0.2, -0.15) is 0 Å². The van der Waals surface area contributed by atoms with Gasteiger partial charge < -0.3 is 14.8 Å². The first kappa shape index (κ1) is 13.2. The van der Waals surface area contributed by atoms with E-state index in [1.54, 1.807) is 26.2 Å². The first-order valence-corrected chi connectivity index (χ1v) is 5.24. The summed E-state index contributed by atoms with van der Waals surface area (Å²) in [4.78, 5) is 22.6. The molecule has 0 aromatic heterocycles. The molecule has 5 nitrogen and oxygen atoms in total. The van der Waals surface area contributed by atoms with Gasteiger partial charge in [0.15, 0.2) is 0 Å². The maximum absolute atomic E-state index is 11.4. The van der Waals surface area contributed by atoms with Crippen LogP contribution in [0.1, 0.15) is 12.5 Å². The Kier molecular flexibility index (Phi) is 5.16. The van der Waals surface area contributed by atoms with Crippen molar-refractivity contribution in [1.82, 2.24) is 0 Å². The highest BCUT2D eigenvalue weighted by Gasteiger charge is 2.15. The fraction of sp³-hybridized carbons (Fsp3) is 0.333. The van der Waals surface area contributed by atoms with E-state index in [4.69, 9.17) is 4.74 Å². The van der Waals surface area contributed by atoms with Crippen molar-refractivity contribution in [2.24, 2.45) is 0 Å². The summed E-state index contributed by atoms with van der Waals surface area (Å²) in [6.45, 7) is 2.18. The highest BCUT2D eigenvalue weighted by Crippen LogP contribution is 2.15. The number of nitrogens with one attached hydrogen (secondary N) is 1. The standard InChI is InChI=1S/C12H15NO4/c1-3-17-12(15)11(14)13-10-7-5-4-6-9(10)8-16-2/h4-7H,3,8H2,1-2H3,(H,13,14). The zero-order chi connectivity index (χ0) is 12.7. The van der Waals surface area contributed by atoms with Crippen LogP contribution in [0.25, 0.3) is 0 Å². The lowest BCUT2D eigenvalue weighted by Crippen LogP contribution is -2.25. The van der Waals surface area contributed by atoms with Crippen molar-refractivity contribution >= 4 is 17.6 Å². The highest BCUT2D eigenvalue weighted by atomic mass is 16.5. The number of para-hydroxylation sites is 1. The van der Waals surface area contributed by atoms with Gasteiger partial charge in [-0.3, -0.25) is 4.79 Å². The third-order valence-electron chi connectivity index (χ3n) is 2.03. The highest BCUT2D eigenvalue weighted by molar-refractivity contribution is 6.37. The lowest BCUT2D eigenvalue weighted by atomic mass is 10.2. The van der Waals surface area contributed by atoms with Crippen molar-refractivity contribution in [1.29, 1.82) is 0 Å². The van der Waals surface area contributed by atoms with E-state index in [1.807, 2.05) is 12.1 Å². The van der Waals surface area contributed by atoms with Crippen LogP contribution in [-0.2, 0) is 25.7 Å². The van der Waals surface area contributed by atoms with Gasteiger partial charge in [0.05, 0.1) is 13.2 Å². The number of esters is 1. The zero-order valence-corrected chi connectivity index (χ0v) is 9.86. The quantitative estimate of drug-likeness (QED) is 0.634. The molecule has 17 heavy (non-hydrogen) atoms. The Morgan fingerprint density at radius 1 is 1.29 bits per heavy atom. The molecule has 0 radical (unpaired) electrons. The summed E-state index contributed by atoms with van der Waals surface area (Å²) in [5.74, 6) is -1.67. The topological polar surface area (TPSA) is 64.6 Å². The molecule has 5 heteroatoms. The maximum Gasteiger partial charge on any atom is 0.397 e. The molecule has 0 heterocycles. The molecule has 0 spiro atoms.